The fraction of sp³-hybridized carbons (Fsp3) is 0.333. The number of anilines is 2. The van der Waals surface area contributed by atoms with E-state index < -0.39 is 10.0 Å². The van der Waals surface area contributed by atoms with E-state index in [-0.39, 0.29) is 16.7 Å². The third-order valence-electron chi connectivity index (χ3n) is 4.16. The molecule has 2 heterocycles. The molecule has 1 N–H and O–H groups in total. The Morgan fingerprint density at radius 1 is 1.28 bits per heavy atom. The molecule has 25 heavy (non-hydrogen) atoms. The highest BCUT2D eigenvalue weighted by molar-refractivity contribution is 7.92. The number of amides is 1. The van der Waals surface area contributed by atoms with Crippen molar-refractivity contribution in [3.05, 3.63) is 48.3 Å². The Kier molecular flexibility index (Phi) is 4.76. The van der Waals surface area contributed by atoms with Crippen molar-refractivity contribution in [1.82, 2.24) is 4.98 Å². The monoisotopic (exact) mass is 359 g/mol. The molecular formula is C18H21N3O3S. The highest BCUT2D eigenvalue weighted by atomic mass is 32.2. The number of aryl methyl sites for hydroxylation is 1. The lowest BCUT2D eigenvalue weighted by molar-refractivity contribution is -0.121. The maximum Gasteiger partial charge on any atom is 0.263 e. The molecule has 0 aliphatic carbocycles. The topological polar surface area (TPSA) is 79.4 Å². The van der Waals surface area contributed by atoms with Gasteiger partial charge in [0.05, 0.1) is 5.69 Å². The molecule has 3 rings (SSSR count). The van der Waals surface area contributed by atoms with Crippen molar-refractivity contribution in [1.29, 1.82) is 0 Å². The fourth-order valence-electron chi connectivity index (χ4n) is 2.90. The van der Waals surface area contributed by atoms with Gasteiger partial charge in [-0.15, -0.1) is 0 Å². The van der Waals surface area contributed by atoms with Gasteiger partial charge in [-0.1, -0.05) is 19.9 Å². The molecular weight excluding hydrogens is 338 g/mol. The zero-order valence-electron chi connectivity index (χ0n) is 14.3. The molecule has 0 saturated carbocycles. The fourth-order valence-corrected chi connectivity index (χ4v) is 3.91. The lowest BCUT2D eigenvalue weighted by Gasteiger charge is -2.31. The summed E-state index contributed by atoms with van der Waals surface area (Å²) in [4.78, 5) is 18.2. The van der Waals surface area contributed by atoms with Crippen LogP contribution in [0, 0.1) is 5.92 Å². The second-order valence-corrected chi connectivity index (χ2v) is 8.07. The van der Waals surface area contributed by atoms with Crippen molar-refractivity contribution in [3.8, 4) is 0 Å². The highest BCUT2D eigenvalue weighted by Crippen LogP contribution is 2.31. The van der Waals surface area contributed by atoms with Gasteiger partial charge in [0.2, 0.25) is 5.91 Å². The zero-order chi connectivity index (χ0) is 18.0. The van der Waals surface area contributed by atoms with Crippen LogP contribution in [-0.2, 0) is 21.2 Å². The largest absolute Gasteiger partial charge is 0.312 e. The van der Waals surface area contributed by atoms with Gasteiger partial charge in [-0.2, -0.15) is 0 Å². The molecule has 1 aromatic carbocycles. The maximum atomic E-state index is 12.5. The summed E-state index contributed by atoms with van der Waals surface area (Å²) in [6.07, 6.45) is 4.61. The Morgan fingerprint density at radius 2 is 2.08 bits per heavy atom. The summed E-state index contributed by atoms with van der Waals surface area (Å²) < 4.78 is 27.5. The molecule has 0 fully saturated rings. The first kappa shape index (κ1) is 17.4. The number of hydrogen-bond acceptors (Lipinski definition) is 4. The number of nitrogens with zero attached hydrogens (tertiary/aromatic N) is 2. The smallest absolute Gasteiger partial charge is 0.263 e. The summed E-state index contributed by atoms with van der Waals surface area (Å²) in [5.41, 5.74) is 2.28. The molecule has 6 nitrogen and oxygen atoms in total. The van der Waals surface area contributed by atoms with Gasteiger partial charge in [0.25, 0.3) is 10.0 Å². The van der Waals surface area contributed by atoms with E-state index in [1.165, 1.54) is 18.5 Å². The standard InChI is InChI=1S/C18H21N3O3S/c1-13(2)18(22)21-10-4-5-14-7-8-15(11-17(14)21)20-25(23,24)16-6-3-9-19-12-16/h3,6-9,11-13,20H,4-5,10H2,1-2H3. The van der Waals surface area contributed by atoms with Crippen molar-refractivity contribution in [2.45, 2.75) is 31.6 Å². The minimum absolute atomic E-state index is 0.0493. The highest BCUT2D eigenvalue weighted by Gasteiger charge is 2.25. The van der Waals surface area contributed by atoms with Crippen LogP contribution in [0.3, 0.4) is 0 Å². The SMILES string of the molecule is CC(C)C(=O)N1CCCc2ccc(NS(=O)(=O)c3cccnc3)cc21. The van der Waals surface area contributed by atoms with Gasteiger partial charge in [0.15, 0.2) is 0 Å². The third-order valence-corrected chi connectivity index (χ3v) is 5.53. The van der Waals surface area contributed by atoms with Crippen molar-refractivity contribution in [3.63, 3.8) is 0 Å². The van der Waals surface area contributed by atoms with Gasteiger partial charge in [0.1, 0.15) is 4.90 Å². The van der Waals surface area contributed by atoms with Crippen molar-refractivity contribution in [2.75, 3.05) is 16.2 Å². The molecule has 1 amide bonds. The van der Waals surface area contributed by atoms with Crippen LogP contribution in [0.2, 0.25) is 0 Å². The van der Waals surface area contributed by atoms with Gasteiger partial charge in [-0.05, 0) is 42.7 Å². The van der Waals surface area contributed by atoms with E-state index in [2.05, 4.69) is 9.71 Å². The zero-order valence-corrected chi connectivity index (χ0v) is 15.1. The van der Waals surface area contributed by atoms with E-state index in [4.69, 9.17) is 0 Å². The number of hydrogen-bond donors (Lipinski definition) is 1. The Labute approximate surface area is 147 Å². The summed E-state index contributed by atoms with van der Waals surface area (Å²) in [6.45, 7) is 4.39. The van der Waals surface area contributed by atoms with Crippen LogP contribution in [-0.4, -0.2) is 25.9 Å². The lowest BCUT2D eigenvalue weighted by atomic mass is 9.99. The Bertz CT molecular complexity index is 880. The summed E-state index contributed by atoms with van der Waals surface area (Å²) in [5.74, 6) is -0.0603. The molecule has 1 aliphatic rings. The minimum Gasteiger partial charge on any atom is -0.312 e. The molecule has 0 radical (unpaired) electrons. The van der Waals surface area contributed by atoms with E-state index in [9.17, 15) is 13.2 Å². The molecule has 132 valence electrons. The van der Waals surface area contributed by atoms with Crippen molar-refractivity contribution in [2.24, 2.45) is 5.92 Å². The van der Waals surface area contributed by atoms with E-state index in [1.54, 1.807) is 23.1 Å². The lowest BCUT2D eigenvalue weighted by Crippen LogP contribution is -2.38. The molecule has 1 aromatic heterocycles. The normalized spacial score (nSPS) is 14.3. The summed E-state index contributed by atoms with van der Waals surface area (Å²) >= 11 is 0. The average Bonchev–Trinajstić information content (AvgIpc) is 2.61. The number of carbonyl (C=O) groups is 1. The van der Waals surface area contributed by atoms with Crippen LogP contribution in [0.25, 0.3) is 0 Å². The minimum atomic E-state index is -3.71. The van der Waals surface area contributed by atoms with Gasteiger partial charge in [-0.25, -0.2) is 8.42 Å². The van der Waals surface area contributed by atoms with Crippen LogP contribution in [0.4, 0.5) is 11.4 Å². The first-order valence-corrected chi connectivity index (χ1v) is 9.74. The van der Waals surface area contributed by atoms with Crippen LogP contribution >= 0.6 is 0 Å². The van der Waals surface area contributed by atoms with E-state index in [0.717, 1.165) is 24.1 Å². The summed E-state index contributed by atoms with van der Waals surface area (Å²) in [6, 6.07) is 8.42. The van der Waals surface area contributed by atoms with Crippen LogP contribution in [0.1, 0.15) is 25.8 Å². The molecule has 7 heteroatoms. The van der Waals surface area contributed by atoms with Gasteiger partial charge >= 0.3 is 0 Å². The van der Waals surface area contributed by atoms with Crippen LogP contribution in [0.15, 0.2) is 47.6 Å². The summed E-state index contributed by atoms with van der Waals surface area (Å²) in [5, 5.41) is 0. The number of nitrogens with one attached hydrogen (secondary N) is 1. The van der Waals surface area contributed by atoms with E-state index in [1.807, 2.05) is 19.9 Å². The number of fused-ring (bicyclic) bond motifs is 1. The number of carbonyl (C=O) groups excluding carboxylic acids is 1. The van der Waals surface area contributed by atoms with Crippen LogP contribution < -0.4 is 9.62 Å². The molecule has 1 aliphatic heterocycles. The van der Waals surface area contributed by atoms with Crippen molar-refractivity contribution < 1.29 is 13.2 Å². The number of benzene rings is 1. The third kappa shape index (κ3) is 3.66. The number of rotatable bonds is 4. The number of pyridine rings is 1. The Hall–Kier alpha value is -2.41. The first-order valence-electron chi connectivity index (χ1n) is 8.25. The van der Waals surface area contributed by atoms with Crippen LogP contribution in [0.5, 0.6) is 0 Å². The second kappa shape index (κ2) is 6.84. The Balaban J connectivity index is 1.93. The maximum absolute atomic E-state index is 12.5. The summed E-state index contributed by atoms with van der Waals surface area (Å²) in [7, 11) is -3.71. The molecule has 2 aromatic rings. The van der Waals surface area contributed by atoms with Crippen molar-refractivity contribution >= 4 is 27.3 Å². The van der Waals surface area contributed by atoms with E-state index >= 15 is 0 Å². The predicted octanol–water partition coefficient (Wildman–Crippen LogP) is 2.82. The van der Waals surface area contributed by atoms with E-state index in [0.29, 0.717) is 12.2 Å². The first-order chi connectivity index (χ1) is 11.9. The molecule has 0 saturated heterocycles. The molecule has 0 spiro atoms. The van der Waals surface area contributed by atoms with Gasteiger partial charge < -0.3 is 4.90 Å². The second-order valence-electron chi connectivity index (χ2n) is 6.39. The number of aromatic nitrogens is 1. The Morgan fingerprint density at radius 3 is 2.76 bits per heavy atom. The molecule has 0 atom stereocenters. The molecule has 0 bridgehead atoms. The predicted molar refractivity (Wildman–Crippen MR) is 97.0 cm³/mol. The van der Waals surface area contributed by atoms with Gasteiger partial charge in [0, 0.05) is 30.5 Å². The quantitative estimate of drug-likeness (QED) is 0.910. The van der Waals surface area contributed by atoms with Gasteiger partial charge in [-0.3, -0.25) is 14.5 Å². The number of sulfonamides is 1. The molecule has 0 unspecified atom stereocenters. The average molecular weight is 359 g/mol.